The molecule has 0 fully saturated rings. The van der Waals surface area contributed by atoms with Gasteiger partial charge >= 0.3 is 0 Å². The fourth-order valence-corrected chi connectivity index (χ4v) is 5.21. The number of para-hydroxylation sites is 2. The fraction of sp³-hybridized carbons (Fsp3) is 0.133. The number of benzene rings is 4. The van der Waals surface area contributed by atoms with E-state index in [1.807, 2.05) is 104 Å². The molecule has 0 saturated heterocycles. The molecule has 1 amide bonds. The Morgan fingerprint density at radius 3 is 2.17 bits per heavy atom. The molecule has 0 spiro atoms. The van der Waals surface area contributed by atoms with E-state index >= 15 is 0 Å². The van der Waals surface area contributed by atoms with Gasteiger partial charge in [0, 0.05) is 22.0 Å². The summed E-state index contributed by atoms with van der Waals surface area (Å²) in [5.41, 5.74) is 5.82. The molecule has 0 aliphatic heterocycles. The summed E-state index contributed by atoms with van der Waals surface area (Å²) in [6.07, 6.45) is 0.852. The molecule has 6 heteroatoms. The normalized spacial score (nSPS) is 11.4. The fourth-order valence-electron chi connectivity index (χ4n) is 3.89. The van der Waals surface area contributed by atoms with Crippen LogP contribution in [0.4, 0.5) is 17.1 Å². The van der Waals surface area contributed by atoms with E-state index in [-0.39, 0.29) is 5.91 Å². The minimum Gasteiger partial charge on any atom is -0.332 e. The molecule has 0 aromatic heterocycles. The van der Waals surface area contributed by atoms with Gasteiger partial charge in [-0.25, -0.2) is 0 Å². The molecule has 4 nitrogen and oxygen atoms in total. The van der Waals surface area contributed by atoms with Crippen LogP contribution in [0.1, 0.15) is 28.9 Å². The number of hydrogen-bond donors (Lipinski definition) is 3. The molecule has 182 valence electrons. The minimum absolute atomic E-state index is 0.0465. The lowest BCUT2D eigenvalue weighted by atomic mass is 10.1. The first-order valence-corrected chi connectivity index (χ1v) is 13.2. The highest BCUT2D eigenvalue weighted by atomic mass is 32.2. The van der Waals surface area contributed by atoms with Crippen molar-refractivity contribution in [3.8, 4) is 0 Å². The summed E-state index contributed by atoms with van der Waals surface area (Å²) in [6.45, 7) is 4.13. The minimum atomic E-state index is -0.417. The Kier molecular flexibility index (Phi) is 8.76. The van der Waals surface area contributed by atoms with Crippen LogP contribution >= 0.6 is 24.0 Å². The molecule has 36 heavy (non-hydrogen) atoms. The van der Waals surface area contributed by atoms with Gasteiger partial charge in [0.05, 0.1) is 0 Å². The van der Waals surface area contributed by atoms with Crippen LogP contribution in [0.25, 0.3) is 0 Å². The van der Waals surface area contributed by atoms with Crippen molar-refractivity contribution in [2.24, 2.45) is 0 Å². The smallest absolute Gasteiger partial charge is 0.242 e. The van der Waals surface area contributed by atoms with Gasteiger partial charge in [-0.1, -0.05) is 79.7 Å². The number of rotatable bonds is 8. The van der Waals surface area contributed by atoms with Gasteiger partial charge < -0.3 is 16.0 Å². The Bertz CT molecular complexity index is 1330. The van der Waals surface area contributed by atoms with Crippen molar-refractivity contribution in [3.05, 3.63) is 120 Å². The number of thiocarbonyl (C=S) groups is 1. The van der Waals surface area contributed by atoms with Gasteiger partial charge in [-0.2, -0.15) is 0 Å². The van der Waals surface area contributed by atoms with Crippen LogP contribution < -0.4 is 16.0 Å². The molecule has 1 unspecified atom stereocenters. The third-order valence-electron chi connectivity index (χ3n) is 5.71. The van der Waals surface area contributed by atoms with Crippen LogP contribution in [-0.2, 0) is 11.2 Å². The second kappa shape index (κ2) is 12.4. The number of carbonyl (C=O) groups is 1. The van der Waals surface area contributed by atoms with Gasteiger partial charge in [0.1, 0.15) is 5.25 Å². The van der Waals surface area contributed by atoms with Crippen LogP contribution in [-0.4, -0.2) is 11.0 Å². The maximum Gasteiger partial charge on any atom is 0.242 e. The van der Waals surface area contributed by atoms with Crippen molar-refractivity contribution in [2.45, 2.75) is 30.4 Å². The Labute approximate surface area is 222 Å². The topological polar surface area (TPSA) is 53.2 Å². The summed E-state index contributed by atoms with van der Waals surface area (Å²) in [6, 6.07) is 33.8. The van der Waals surface area contributed by atoms with E-state index in [2.05, 4.69) is 28.9 Å². The van der Waals surface area contributed by atoms with Crippen LogP contribution in [0, 0.1) is 6.92 Å². The molecule has 0 bridgehead atoms. The van der Waals surface area contributed by atoms with Gasteiger partial charge in [-0.3, -0.25) is 4.79 Å². The van der Waals surface area contributed by atoms with E-state index in [1.54, 1.807) is 0 Å². The van der Waals surface area contributed by atoms with Crippen molar-refractivity contribution < 1.29 is 4.79 Å². The van der Waals surface area contributed by atoms with Crippen LogP contribution in [0.2, 0.25) is 0 Å². The van der Waals surface area contributed by atoms with Crippen molar-refractivity contribution in [3.63, 3.8) is 0 Å². The Morgan fingerprint density at radius 1 is 0.806 bits per heavy atom. The number of anilines is 3. The predicted octanol–water partition coefficient (Wildman–Crippen LogP) is 7.84. The summed E-state index contributed by atoms with van der Waals surface area (Å²) in [4.78, 5) is 14.6. The standard InChI is InChI=1S/C30H29N3OS2/c1-3-22-15-10-12-21(2)27(22)33-29(34)28(23-13-6-4-7-14-23)36-26-19-11-18-25(20-26)32-30(35)31-24-16-8-5-9-17-24/h4-20,28H,3H2,1-2H3,(H,33,34)(H2,31,32,35). The highest BCUT2D eigenvalue weighted by molar-refractivity contribution is 8.00. The molecule has 0 radical (unpaired) electrons. The number of nitrogens with one attached hydrogen (secondary N) is 3. The van der Waals surface area contributed by atoms with Crippen molar-refractivity contribution >= 4 is 52.1 Å². The Morgan fingerprint density at radius 2 is 1.44 bits per heavy atom. The molecular weight excluding hydrogens is 482 g/mol. The van der Waals surface area contributed by atoms with E-state index in [0.717, 1.165) is 45.1 Å². The van der Waals surface area contributed by atoms with E-state index in [1.165, 1.54) is 11.8 Å². The lowest BCUT2D eigenvalue weighted by Crippen LogP contribution is -2.20. The predicted molar refractivity (Wildman–Crippen MR) is 157 cm³/mol. The van der Waals surface area contributed by atoms with Crippen LogP contribution in [0.15, 0.2) is 108 Å². The molecule has 3 N–H and O–H groups in total. The molecule has 4 rings (SSSR count). The monoisotopic (exact) mass is 511 g/mol. The highest BCUT2D eigenvalue weighted by Crippen LogP contribution is 2.37. The molecule has 4 aromatic rings. The summed E-state index contributed by atoms with van der Waals surface area (Å²) >= 11 is 7.00. The molecular formula is C30H29N3OS2. The zero-order valence-electron chi connectivity index (χ0n) is 20.3. The van der Waals surface area contributed by atoms with Gasteiger partial charge in [0.2, 0.25) is 5.91 Å². The average Bonchev–Trinajstić information content (AvgIpc) is 2.89. The molecule has 0 aliphatic rings. The van der Waals surface area contributed by atoms with E-state index in [9.17, 15) is 4.79 Å². The molecule has 4 aromatic carbocycles. The third kappa shape index (κ3) is 6.74. The first-order valence-electron chi connectivity index (χ1n) is 11.9. The molecule has 0 aliphatic carbocycles. The number of carbonyl (C=O) groups excluding carboxylic acids is 1. The second-order valence-electron chi connectivity index (χ2n) is 8.33. The average molecular weight is 512 g/mol. The number of amides is 1. The first kappa shape index (κ1) is 25.5. The Hall–Kier alpha value is -3.61. The van der Waals surface area contributed by atoms with Crippen LogP contribution in [0.3, 0.4) is 0 Å². The summed E-state index contributed by atoms with van der Waals surface area (Å²) in [5, 5.41) is 9.74. The van der Waals surface area contributed by atoms with Gasteiger partial charge in [0.15, 0.2) is 5.11 Å². The summed E-state index contributed by atoms with van der Waals surface area (Å²) in [7, 11) is 0. The summed E-state index contributed by atoms with van der Waals surface area (Å²) < 4.78 is 0. The number of thioether (sulfide) groups is 1. The second-order valence-corrected chi connectivity index (χ2v) is 9.92. The maximum atomic E-state index is 13.6. The number of hydrogen-bond acceptors (Lipinski definition) is 3. The zero-order chi connectivity index (χ0) is 25.3. The number of aryl methyl sites for hydroxylation is 2. The van der Waals surface area contributed by atoms with E-state index in [0.29, 0.717) is 5.11 Å². The summed E-state index contributed by atoms with van der Waals surface area (Å²) in [5.74, 6) is -0.0465. The Balaban J connectivity index is 1.53. The highest BCUT2D eigenvalue weighted by Gasteiger charge is 2.23. The van der Waals surface area contributed by atoms with Gasteiger partial charge in [0.25, 0.3) is 0 Å². The first-order chi connectivity index (χ1) is 17.5. The van der Waals surface area contributed by atoms with Gasteiger partial charge in [-0.05, 0) is 72.6 Å². The van der Waals surface area contributed by atoms with Crippen molar-refractivity contribution in [1.29, 1.82) is 0 Å². The van der Waals surface area contributed by atoms with Crippen molar-refractivity contribution in [2.75, 3.05) is 16.0 Å². The largest absolute Gasteiger partial charge is 0.332 e. The third-order valence-corrected chi connectivity index (χ3v) is 7.16. The van der Waals surface area contributed by atoms with E-state index in [4.69, 9.17) is 12.2 Å². The molecule has 0 saturated carbocycles. The quantitative estimate of drug-likeness (QED) is 0.166. The lowest BCUT2D eigenvalue weighted by Gasteiger charge is -2.20. The van der Waals surface area contributed by atoms with Crippen molar-refractivity contribution in [1.82, 2.24) is 0 Å². The van der Waals surface area contributed by atoms with E-state index < -0.39 is 5.25 Å². The van der Waals surface area contributed by atoms with Crippen LogP contribution in [0.5, 0.6) is 0 Å². The SMILES string of the molecule is CCc1cccc(C)c1NC(=O)C(Sc1cccc(NC(=S)Nc2ccccc2)c1)c1ccccc1. The molecule has 0 heterocycles. The maximum absolute atomic E-state index is 13.6. The van der Waals surface area contributed by atoms with Gasteiger partial charge in [-0.15, -0.1) is 11.8 Å². The zero-order valence-corrected chi connectivity index (χ0v) is 22.0. The molecule has 1 atom stereocenters. The lowest BCUT2D eigenvalue weighted by molar-refractivity contribution is -0.115.